The molecule has 25 heavy (non-hydrogen) atoms. The Labute approximate surface area is 149 Å². The lowest BCUT2D eigenvalue weighted by Gasteiger charge is -2.31. The molecular weight excluding hydrogens is 316 g/mol. The number of rotatable bonds is 7. The Morgan fingerprint density at radius 1 is 1.20 bits per heavy atom. The van der Waals surface area contributed by atoms with Gasteiger partial charge < -0.3 is 15.4 Å². The molecule has 2 aliphatic carbocycles. The van der Waals surface area contributed by atoms with Gasteiger partial charge in [0.2, 0.25) is 11.8 Å². The smallest absolute Gasteiger partial charge is 0.223 e. The molecule has 0 bridgehead atoms. The summed E-state index contributed by atoms with van der Waals surface area (Å²) in [6, 6.07) is 7.97. The van der Waals surface area contributed by atoms with Gasteiger partial charge in [0.05, 0.1) is 12.6 Å². The van der Waals surface area contributed by atoms with Crippen LogP contribution in [0.4, 0.5) is 0 Å². The number of hydrogen-bond donors (Lipinski definition) is 2. The van der Waals surface area contributed by atoms with Crippen LogP contribution in [0.5, 0.6) is 5.75 Å². The summed E-state index contributed by atoms with van der Waals surface area (Å²) in [4.78, 5) is 24.3. The van der Waals surface area contributed by atoms with Gasteiger partial charge in [-0.05, 0) is 42.9 Å². The Kier molecular flexibility index (Phi) is 5.30. The van der Waals surface area contributed by atoms with Gasteiger partial charge >= 0.3 is 0 Å². The fourth-order valence-electron chi connectivity index (χ4n) is 3.82. The summed E-state index contributed by atoms with van der Waals surface area (Å²) in [6.45, 7) is 2.49. The Morgan fingerprint density at radius 3 is 2.40 bits per heavy atom. The van der Waals surface area contributed by atoms with E-state index in [-0.39, 0.29) is 23.3 Å². The van der Waals surface area contributed by atoms with E-state index in [9.17, 15) is 9.59 Å². The maximum absolute atomic E-state index is 12.4. The highest BCUT2D eigenvalue weighted by molar-refractivity contribution is 5.82. The van der Waals surface area contributed by atoms with Gasteiger partial charge in [-0.1, -0.05) is 31.9 Å². The van der Waals surface area contributed by atoms with Crippen molar-refractivity contribution in [3.8, 4) is 5.75 Å². The maximum Gasteiger partial charge on any atom is 0.223 e. The second kappa shape index (κ2) is 7.46. The van der Waals surface area contributed by atoms with Gasteiger partial charge in [-0.25, -0.2) is 0 Å². The predicted octanol–water partition coefficient (Wildman–Crippen LogP) is 2.74. The van der Waals surface area contributed by atoms with Crippen molar-refractivity contribution < 1.29 is 14.3 Å². The average molecular weight is 344 g/mol. The number of hydrogen-bond acceptors (Lipinski definition) is 3. The molecule has 0 heterocycles. The highest BCUT2D eigenvalue weighted by atomic mass is 16.5. The van der Waals surface area contributed by atoms with Gasteiger partial charge in [0.25, 0.3) is 0 Å². The topological polar surface area (TPSA) is 67.4 Å². The van der Waals surface area contributed by atoms with E-state index >= 15 is 0 Å². The number of nitrogens with one attached hydrogen (secondary N) is 2. The Balaban J connectivity index is 1.55. The van der Waals surface area contributed by atoms with E-state index < -0.39 is 0 Å². The number of methoxy groups -OCH3 is 1. The van der Waals surface area contributed by atoms with E-state index in [1.165, 1.54) is 0 Å². The van der Waals surface area contributed by atoms with Gasteiger partial charge in [0, 0.05) is 18.9 Å². The monoisotopic (exact) mass is 344 g/mol. The summed E-state index contributed by atoms with van der Waals surface area (Å²) < 4.78 is 5.23. The van der Waals surface area contributed by atoms with E-state index in [0.29, 0.717) is 18.9 Å². The number of ether oxygens (including phenoxy) is 1. The summed E-state index contributed by atoms with van der Waals surface area (Å²) in [5, 5.41) is 6.12. The first kappa shape index (κ1) is 17.8. The molecule has 2 aliphatic rings. The van der Waals surface area contributed by atoms with Crippen LogP contribution in [-0.2, 0) is 15.1 Å². The third kappa shape index (κ3) is 4.14. The quantitative estimate of drug-likeness (QED) is 0.799. The van der Waals surface area contributed by atoms with Crippen LogP contribution in [-0.4, -0.2) is 25.5 Å². The third-order valence-corrected chi connectivity index (χ3v) is 5.58. The Morgan fingerprint density at radius 2 is 1.84 bits per heavy atom. The first-order valence-electron chi connectivity index (χ1n) is 9.27. The molecule has 5 heteroatoms. The van der Waals surface area contributed by atoms with E-state index in [1.54, 1.807) is 7.11 Å². The molecule has 0 aliphatic heterocycles. The number of amides is 2. The normalized spacial score (nSPS) is 23.8. The number of benzene rings is 1. The summed E-state index contributed by atoms with van der Waals surface area (Å²) in [5.74, 6) is 1.56. The molecule has 1 aromatic rings. The van der Waals surface area contributed by atoms with Crippen LogP contribution in [0.2, 0.25) is 0 Å². The lowest BCUT2D eigenvalue weighted by Crippen LogP contribution is -2.44. The molecule has 2 atom stereocenters. The van der Waals surface area contributed by atoms with E-state index in [1.807, 2.05) is 24.3 Å². The zero-order valence-electron chi connectivity index (χ0n) is 15.1. The molecular formula is C20H28N2O3. The SMILES string of the molecule is COc1ccc(C2(NC(=O)CCNC(=O)[C@@H]3C[C@H]3C)CCCC2)cc1. The standard InChI is InChI=1S/C20H28N2O3/c1-14-13-17(14)19(24)21-12-9-18(23)22-20(10-3-4-11-20)15-5-7-16(25-2)8-6-15/h5-8,14,17H,3-4,9-13H2,1-2H3,(H,21,24)(H,22,23)/t14-,17-/m1/s1. The predicted molar refractivity (Wildman–Crippen MR) is 96.2 cm³/mol. The minimum Gasteiger partial charge on any atom is -0.497 e. The summed E-state index contributed by atoms with van der Waals surface area (Å²) >= 11 is 0. The molecule has 3 rings (SSSR count). The van der Waals surface area contributed by atoms with Gasteiger partial charge in [0.1, 0.15) is 5.75 Å². The highest BCUT2D eigenvalue weighted by Gasteiger charge is 2.39. The molecule has 0 saturated heterocycles. The zero-order valence-corrected chi connectivity index (χ0v) is 15.1. The number of carbonyl (C=O) groups excluding carboxylic acids is 2. The van der Waals surface area contributed by atoms with Crippen LogP contribution in [0.15, 0.2) is 24.3 Å². The molecule has 2 amide bonds. The first-order chi connectivity index (χ1) is 12.0. The lowest BCUT2D eigenvalue weighted by molar-refractivity contribution is -0.124. The van der Waals surface area contributed by atoms with Gasteiger partial charge in [0.15, 0.2) is 0 Å². The van der Waals surface area contributed by atoms with Crippen LogP contribution in [0.3, 0.4) is 0 Å². The summed E-state index contributed by atoms with van der Waals surface area (Å²) in [7, 11) is 1.65. The van der Waals surface area contributed by atoms with E-state index in [4.69, 9.17) is 4.74 Å². The molecule has 2 saturated carbocycles. The Bertz CT molecular complexity index is 620. The molecule has 0 spiro atoms. The van der Waals surface area contributed by atoms with E-state index in [2.05, 4.69) is 17.6 Å². The third-order valence-electron chi connectivity index (χ3n) is 5.58. The minimum atomic E-state index is -0.279. The van der Waals surface area contributed by atoms with Crippen molar-refractivity contribution in [3.05, 3.63) is 29.8 Å². The van der Waals surface area contributed by atoms with Crippen molar-refractivity contribution in [2.45, 2.75) is 51.0 Å². The van der Waals surface area contributed by atoms with Crippen LogP contribution < -0.4 is 15.4 Å². The molecule has 2 N–H and O–H groups in total. The fraction of sp³-hybridized carbons (Fsp3) is 0.600. The van der Waals surface area contributed by atoms with Crippen molar-refractivity contribution in [1.82, 2.24) is 10.6 Å². The summed E-state index contributed by atoms with van der Waals surface area (Å²) in [6.07, 6.45) is 5.43. The fourth-order valence-corrected chi connectivity index (χ4v) is 3.82. The zero-order chi connectivity index (χ0) is 17.9. The molecule has 0 radical (unpaired) electrons. The van der Waals surface area contributed by atoms with Crippen molar-refractivity contribution in [3.63, 3.8) is 0 Å². The second-order valence-corrected chi connectivity index (χ2v) is 7.43. The molecule has 0 aromatic heterocycles. The maximum atomic E-state index is 12.4. The van der Waals surface area contributed by atoms with Crippen LogP contribution in [0.1, 0.15) is 51.0 Å². The van der Waals surface area contributed by atoms with Crippen LogP contribution in [0, 0.1) is 11.8 Å². The lowest BCUT2D eigenvalue weighted by atomic mass is 9.88. The Hall–Kier alpha value is -2.04. The molecule has 5 nitrogen and oxygen atoms in total. The van der Waals surface area contributed by atoms with Crippen molar-refractivity contribution >= 4 is 11.8 Å². The minimum absolute atomic E-state index is 0.00173. The van der Waals surface area contributed by atoms with Crippen molar-refractivity contribution in [1.29, 1.82) is 0 Å². The van der Waals surface area contributed by atoms with Crippen LogP contribution >= 0.6 is 0 Å². The molecule has 136 valence electrons. The second-order valence-electron chi connectivity index (χ2n) is 7.43. The van der Waals surface area contributed by atoms with Crippen molar-refractivity contribution in [2.24, 2.45) is 11.8 Å². The van der Waals surface area contributed by atoms with E-state index in [0.717, 1.165) is 43.4 Å². The van der Waals surface area contributed by atoms with Gasteiger partial charge in [-0.15, -0.1) is 0 Å². The van der Waals surface area contributed by atoms with Gasteiger partial charge in [-0.3, -0.25) is 9.59 Å². The largest absolute Gasteiger partial charge is 0.497 e. The molecule has 2 fully saturated rings. The average Bonchev–Trinajstić information content (AvgIpc) is 3.16. The van der Waals surface area contributed by atoms with Crippen molar-refractivity contribution in [2.75, 3.05) is 13.7 Å². The van der Waals surface area contributed by atoms with Gasteiger partial charge in [-0.2, -0.15) is 0 Å². The first-order valence-corrected chi connectivity index (χ1v) is 9.27. The highest BCUT2D eigenvalue weighted by Crippen LogP contribution is 2.39. The summed E-state index contributed by atoms with van der Waals surface area (Å²) in [5.41, 5.74) is 0.855. The molecule has 0 unspecified atom stereocenters. The molecule has 1 aromatic carbocycles. The van der Waals surface area contributed by atoms with Crippen LogP contribution in [0.25, 0.3) is 0 Å². The number of carbonyl (C=O) groups is 2.